The lowest BCUT2D eigenvalue weighted by atomic mass is 9.76. The number of rotatable bonds is 7. The van der Waals surface area contributed by atoms with Gasteiger partial charge in [0, 0.05) is 51.1 Å². The number of nitrogens with one attached hydrogen (secondary N) is 1. The molecular formula is C22H29ClF5N3O3S. The minimum absolute atomic E-state index is 0.0110. The molecule has 1 aromatic carbocycles. The van der Waals surface area contributed by atoms with Crippen LogP contribution in [0.2, 0.25) is 5.02 Å². The largest absolute Gasteiger partial charge is 0.416 e. The highest BCUT2D eigenvalue weighted by Crippen LogP contribution is 2.43. The number of amides is 1. The average molecular weight is 546 g/mol. The third-order valence-corrected chi connectivity index (χ3v) is 9.19. The Bertz CT molecular complexity index is 1020. The normalized spacial score (nSPS) is 21.6. The third-order valence-electron chi connectivity index (χ3n) is 7.00. The van der Waals surface area contributed by atoms with E-state index in [-0.39, 0.29) is 61.7 Å². The second-order valence-electron chi connectivity index (χ2n) is 9.07. The predicted octanol–water partition coefficient (Wildman–Crippen LogP) is 4.39. The molecule has 0 bridgehead atoms. The topological polar surface area (TPSA) is 69.7 Å². The van der Waals surface area contributed by atoms with Crippen LogP contribution < -0.4 is 5.32 Å². The maximum atomic E-state index is 13.9. The third kappa shape index (κ3) is 6.64. The highest BCUT2D eigenvalue weighted by molar-refractivity contribution is 7.89. The zero-order valence-electron chi connectivity index (χ0n) is 19.3. The van der Waals surface area contributed by atoms with Gasteiger partial charge in [-0.25, -0.2) is 17.2 Å². The van der Waals surface area contributed by atoms with Crippen LogP contribution in [-0.4, -0.2) is 73.5 Å². The summed E-state index contributed by atoms with van der Waals surface area (Å²) in [6.45, 7) is 2.99. The zero-order valence-corrected chi connectivity index (χ0v) is 20.9. The van der Waals surface area contributed by atoms with E-state index in [1.807, 2.05) is 4.90 Å². The van der Waals surface area contributed by atoms with Crippen LogP contribution in [0.25, 0.3) is 0 Å². The van der Waals surface area contributed by atoms with Crippen LogP contribution in [-0.2, 0) is 16.2 Å². The second kappa shape index (κ2) is 10.5. The summed E-state index contributed by atoms with van der Waals surface area (Å²) in [5.74, 6) is -3.43. The van der Waals surface area contributed by atoms with E-state index in [9.17, 15) is 35.2 Å². The van der Waals surface area contributed by atoms with Gasteiger partial charge in [-0.15, -0.1) is 0 Å². The van der Waals surface area contributed by atoms with Crippen LogP contribution in [0.3, 0.4) is 0 Å². The van der Waals surface area contributed by atoms with Gasteiger partial charge >= 0.3 is 6.18 Å². The summed E-state index contributed by atoms with van der Waals surface area (Å²) in [6, 6.07) is 2.46. The first kappa shape index (κ1) is 28.1. The molecule has 198 valence electrons. The lowest BCUT2D eigenvalue weighted by Crippen LogP contribution is -2.60. The number of carbonyl (C=O) groups is 1. The van der Waals surface area contributed by atoms with E-state index in [0.29, 0.717) is 25.6 Å². The fourth-order valence-corrected chi connectivity index (χ4v) is 6.16. The molecule has 3 rings (SSSR count). The Balaban J connectivity index is 1.67. The predicted molar refractivity (Wildman–Crippen MR) is 122 cm³/mol. The molecule has 1 N–H and O–H groups in total. The minimum atomic E-state index is -4.59. The summed E-state index contributed by atoms with van der Waals surface area (Å²) in [5, 5.41) is 2.31. The highest BCUT2D eigenvalue weighted by Gasteiger charge is 2.47. The van der Waals surface area contributed by atoms with E-state index in [4.69, 9.17) is 11.6 Å². The molecule has 0 unspecified atom stereocenters. The first-order chi connectivity index (χ1) is 16.2. The summed E-state index contributed by atoms with van der Waals surface area (Å²) in [4.78, 5) is 14.6. The lowest BCUT2D eigenvalue weighted by molar-refractivity contribution is -0.137. The van der Waals surface area contributed by atoms with Crippen LogP contribution in [0, 0.1) is 0 Å². The van der Waals surface area contributed by atoms with E-state index in [1.54, 1.807) is 6.92 Å². The van der Waals surface area contributed by atoms with Gasteiger partial charge in [0.2, 0.25) is 15.9 Å². The molecule has 1 amide bonds. The standard InChI is InChI=1S/C22H29ClF5N3O3S/c1-2-35(33,34)31-13-11-30(12-14-31)20(5-7-21(24,25)8-6-20)9-10-29-19(32)17-4-3-16(15-18(17)23)22(26,27)28/h3-4,15H,2,5-14H2,1H3,(H,29,32). The van der Waals surface area contributed by atoms with Crippen molar-refractivity contribution >= 4 is 27.5 Å². The molecule has 1 saturated carbocycles. The van der Waals surface area contributed by atoms with Crippen molar-refractivity contribution in [1.29, 1.82) is 0 Å². The van der Waals surface area contributed by atoms with Crippen molar-refractivity contribution in [2.24, 2.45) is 0 Å². The Labute approximate surface area is 206 Å². The number of halogens is 6. The molecule has 0 aromatic heterocycles. The first-order valence-electron chi connectivity index (χ1n) is 11.4. The number of hydrogen-bond donors (Lipinski definition) is 1. The number of alkyl halides is 5. The van der Waals surface area contributed by atoms with E-state index in [1.165, 1.54) is 4.31 Å². The van der Waals surface area contributed by atoms with Crippen molar-refractivity contribution in [2.75, 3.05) is 38.5 Å². The average Bonchev–Trinajstić information content (AvgIpc) is 2.79. The summed E-state index contributed by atoms with van der Waals surface area (Å²) in [7, 11) is -3.34. The lowest BCUT2D eigenvalue weighted by Gasteiger charge is -2.51. The van der Waals surface area contributed by atoms with Crippen LogP contribution in [0.4, 0.5) is 22.0 Å². The van der Waals surface area contributed by atoms with Crippen LogP contribution in [0.5, 0.6) is 0 Å². The number of piperazine rings is 1. The van der Waals surface area contributed by atoms with E-state index in [2.05, 4.69) is 5.32 Å². The SMILES string of the molecule is CCS(=O)(=O)N1CCN(C2(CCNC(=O)c3ccc(C(F)(F)F)cc3Cl)CCC(F)(F)CC2)CC1. The zero-order chi connectivity index (χ0) is 26.1. The van der Waals surface area contributed by atoms with Crippen molar-refractivity contribution in [3.05, 3.63) is 34.3 Å². The Morgan fingerprint density at radius 3 is 2.20 bits per heavy atom. The van der Waals surface area contributed by atoms with E-state index < -0.39 is 39.1 Å². The highest BCUT2D eigenvalue weighted by atomic mass is 35.5. The molecule has 1 aliphatic carbocycles. The molecule has 35 heavy (non-hydrogen) atoms. The molecule has 2 fully saturated rings. The molecule has 1 saturated heterocycles. The van der Waals surface area contributed by atoms with E-state index in [0.717, 1.165) is 12.1 Å². The van der Waals surface area contributed by atoms with Crippen molar-refractivity contribution < 1.29 is 35.2 Å². The Hall–Kier alpha value is -1.50. The van der Waals surface area contributed by atoms with Gasteiger partial charge in [-0.1, -0.05) is 11.6 Å². The van der Waals surface area contributed by atoms with Gasteiger partial charge in [0.15, 0.2) is 0 Å². The van der Waals surface area contributed by atoms with Crippen LogP contribution in [0.15, 0.2) is 18.2 Å². The first-order valence-corrected chi connectivity index (χ1v) is 13.4. The molecule has 2 aliphatic rings. The molecule has 13 heteroatoms. The molecular weight excluding hydrogens is 517 g/mol. The van der Waals surface area contributed by atoms with Gasteiger partial charge in [-0.2, -0.15) is 17.5 Å². The van der Waals surface area contributed by atoms with Gasteiger partial charge in [0.05, 0.1) is 21.9 Å². The van der Waals surface area contributed by atoms with Crippen LogP contribution in [0.1, 0.15) is 54.9 Å². The fraction of sp³-hybridized carbons (Fsp3) is 0.682. The molecule has 6 nitrogen and oxygen atoms in total. The minimum Gasteiger partial charge on any atom is -0.352 e. The van der Waals surface area contributed by atoms with Gasteiger partial charge < -0.3 is 5.32 Å². The molecule has 1 heterocycles. The summed E-state index contributed by atoms with van der Waals surface area (Å²) in [5.41, 5.74) is -1.71. The summed E-state index contributed by atoms with van der Waals surface area (Å²) in [6.07, 6.45) is -4.48. The molecule has 0 atom stereocenters. The molecule has 0 radical (unpaired) electrons. The Morgan fingerprint density at radius 2 is 1.69 bits per heavy atom. The Morgan fingerprint density at radius 1 is 1.09 bits per heavy atom. The van der Waals surface area contributed by atoms with Gasteiger partial charge in [0.1, 0.15) is 0 Å². The number of nitrogens with zero attached hydrogens (tertiary/aromatic N) is 2. The van der Waals surface area contributed by atoms with Gasteiger partial charge in [-0.3, -0.25) is 9.69 Å². The molecule has 0 spiro atoms. The van der Waals surface area contributed by atoms with Crippen LogP contribution >= 0.6 is 11.6 Å². The fourth-order valence-electron chi connectivity index (χ4n) is 4.81. The van der Waals surface area contributed by atoms with E-state index >= 15 is 0 Å². The monoisotopic (exact) mass is 545 g/mol. The van der Waals surface area contributed by atoms with Crippen molar-refractivity contribution in [2.45, 2.75) is 56.7 Å². The number of benzene rings is 1. The maximum absolute atomic E-state index is 13.9. The smallest absolute Gasteiger partial charge is 0.352 e. The van der Waals surface area contributed by atoms with Gasteiger partial charge in [0.25, 0.3) is 5.91 Å². The number of sulfonamides is 1. The second-order valence-corrected chi connectivity index (χ2v) is 11.7. The quantitative estimate of drug-likeness (QED) is 0.516. The van der Waals surface area contributed by atoms with Crippen molar-refractivity contribution in [3.8, 4) is 0 Å². The number of hydrogen-bond acceptors (Lipinski definition) is 4. The van der Waals surface area contributed by atoms with Crippen molar-refractivity contribution in [1.82, 2.24) is 14.5 Å². The molecule has 1 aliphatic heterocycles. The summed E-state index contributed by atoms with van der Waals surface area (Å²) >= 11 is 5.89. The van der Waals surface area contributed by atoms with Crippen molar-refractivity contribution in [3.63, 3.8) is 0 Å². The summed E-state index contributed by atoms with van der Waals surface area (Å²) < 4.78 is 92.2. The molecule has 1 aromatic rings. The maximum Gasteiger partial charge on any atom is 0.416 e. The Kier molecular flexibility index (Phi) is 8.40. The number of carbonyl (C=O) groups excluding carboxylic acids is 1. The van der Waals surface area contributed by atoms with Gasteiger partial charge in [-0.05, 0) is 44.4 Å².